The molecular formula is C3H7BF2. The first-order valence-corrected chi connectivity index (χ1v) is 1.94. The summed E-state index contributed by atoms with van der Waals surface area (Å²) in [6.07, 6.45) is -0.0625. The minimum Gasteiger partial charge on any atom is -0.219 e. The van der Waals surface area contributed by atoms with Gasteiger partial charge in [-0.3, -0.25) is 0 Å². The van der Waals surface area contributed by atoms with Crippen molar-refractivity contribution in [2.24, 2.45) is 0 Å². The van der Waals surface area contributed by atoms with Gasteiger partial charge in [0.1, 0.15) is 0 Å². The smallest absolute Gasteiger partial charge is 0.206 e. The van der Waals surface area contributed by atoms with Crippen molar-refractivity contribution in [3.8, 4) is 0 Å². The van der Waals surface area contributed by atoms with E-state index in [9.17, 15) is 8.78 Å². The second kappa shape index (κ2) is 1.58. The Bertz CT molecular complexity index is 38.5. The van der Waals surface area contributed by atoms with Crippen LogP contribution in [0.3, 0.4) is 0 Å². The lowest BCUT2D eigenvalue weighted by atomic mass is 9.97. The first kappa shape index (κ1) is 5.92. The highest BCUT2D eigenvalue weighted by Gasteiger charge is 2.15. The molecule has 0 bridgehead atoms. The van der Waals surface area contributed by atoms with Crippen LogP contribution in [0.15, 0.2) is 0 Å². The molecular weight excluding hydrogens is 84.8 g/mol. The van der Waals surface area contributed by atoms with Crippen LogP contribution in [0, 0.1) is 0 Å². The normalized spacial score (nSPS) is 11.8. The molecule has 0 aromatic rings. The van der Waals surface area contributed by atoms with Crippen LogP contribution in [0.25, 0.3) is 0 Å². The Labute approximate surface area is 37.0 Å². The average molecular weight is 91.9 g/mol. The topological polar surface area (TPSA) is 0 Å². The minimum absolute atomic E-state index is 0.0625. The molecule has 0 rings (SSSR count). The SMILES string of the molecule is BC(F)(F)CC. The largest absolute Gasteiger partial charge is 0.219 e. The highest BCUT2D eigenvalue weighted by molar-refractivity contribution is 6.13. The Kier molecular flexibility index (Phi) is 1.56. The lowest BCUT2D eigenvalue weighted by molar-refractivity contribution is 0.0912. The fourth-order valence-corrected chi connectivity index (χ4v) is 0. The third-order valence-electron chi connectivity index (χ3n) is 0.621. The molecule has 0 nitrogen and oxygen atoms in total. The van der Waals surface area contributed by atoms with Gasteiger partial charge in [-0.2, -0.15) is 0 Å². The molecule has 0 heterocycles. The van der Waals surface area contributed by atoms with Crippen LogP contribution in [0.1, 0.15) is 13.3 Å². The Balaban J connectivity index is 3.17. The molecule has 0 aliphatic rings. The van der Waals surface area contributed by atoms with Crippen molar-refractivity contribution in [3.05, 3.63) is 0 Å². The quantitative estimate of drug-likeness (QED) is 0.416. The molecule has 0 aliphatic carbocycles. The van der Waals surface area contributed by atoms with E-state index in [-0.39, 0.29) is 6.42 Å². The van der Waals surface area contributed by atoms with E-state index in [1.54, 1.807) is 0 Å². The van der Waals surface area contributed by atoms with Crippen molar-refractivity contribution in [3.63, 3.8) is 0 Å². The van der Waals surface area contributed by atoms with Crippen molar-refractivity contribution < 1.29 is 8.78 Å². The van der Waals surface area contributed by atoms with Gasteiger partial charge in [0.15, 0.2) is 7.85 Å². The Morgan fingerprint density at radius 1 is 1.67 bits per heavy atom. The van der Waals surface area contributed by atoms with Gasteiger partial charge in [0.05, 0.1) is 0 Å². The molecule has 0 saturated heterocycles. The summed E-state index contributed by atoms with van der Waals surface area (Å²) in [5, 5.41) is 0. The second-order valence-corrected chi connectivity index (χ2v) is 1.42. The predicted molar refractivity (Wildman–Crippen MR) is 23.8 cm³/mol. The molecule has 6 heavy (non-hydrogen) atoms. The van der Waals surface area contributed by atoms with Gasteiger partial charge < -0.3 is 0 Å². The number of alkyl halides is 2. The average Bonchev–Trinajstić information content (AvgIpc) is 1.35. The monoisotopic (exact) mass is 92.1 g/mol. The maximum Gasteiger partial charge on any atom is 0.206 e. The highest BCUT2D eigenvalue weighted by atomic mass is 19.3. The van der Waals surface area contributed by atoms with Crippen LogP contribution < -0.4 is 0 Å². The molecule has 0 N–H and O–H groups in total. The van der Waals surface area contributed by atoms with Crippen molar-refractivity contribution in [1.29, 1.82) is 0 Å². The lowest BCUT2D eigenvalue weighted by Crippen LogP contribution is -2.12. The number of hydrogen-bond donors (Lipinski definition) is 0. The summed E-state index contributed by atoms with van der Waals surface area (Å²) >= 11 is 0. The van der Waals surface area contributed by atoms with Crippen molar-refractivity contribution in [2.45, 2.75) is 19.2 Å². The zero-order chi connectivity index (χ0) is 5.21. The predicted octanol–water partition coefficient (Wildman–Crippen LogP) is 0.622. The van der Waals surface area contributed by atoms with Crippen LogP contribution in [0.4, 0.5) is 8.78 Å². The summed E-state index contributed by atoms with van der Waals surface area (Å²) in [6.45, 7) is 1.46. The van der Waals surface area contributed by atoms with E-state index in [1.165, 1.54) is 6.92 Å². The molecule has 0 atom stereocenters. The van der Waals surface area contributed by atoms with Crippen LogP contribution >= 0.6 is 0 Å². The Morgan fingerprint density at radius 2 is 1.83 bits per heavy atom. The fraction of sp³-hybridized carbons (Fsp3) is 1.00. The summed E-state index contributed by atoms with van der Waals surface area (Å²) < 4.78 is 22.9. The number of halogens is 2. The fourth-order valence-electron chi connectivity index (χ4n) is 0. The van der Waals surface area contributed by atoms with E-state index < -0.39 is 5.82 Å². The molecule has 36 valence electrons. The van der Waals surface area contributed by atoms with Gasteiger partial charge in [0.2, 0.25) is 5.82 Å². The third-order valence-corrected chi connectivity index (χ3v) is 0.621. The van der Waals surface area contributed by atoms with Crippen molar-refractivity contribution >= 4 is 7.85 Å². The second-order valence-electron chi connectivity index (χ2n) is 1.42. The van der Waals surface area contributed by atoms with E-state index in [1.807, 2.05) is 0 Å². The highest BCUT2D eigenvalue weighted by Crippen LogP contribution is 2.09. The maximum atomic E-state index is 11.5. The van der Waals surface area contributed by atoms with Gasteiger partial charge in [-0.05, 0) is 6.42 Å². The molecule has 0 aromatic heterocycles. The molecule has 0 radical (unpaired) electrons. The molecule has 0 aliphatic heterocycles. The third kappa shape index (κ3) is 3.92. The Hall–Kier alpha value is -0.0751. The summed E-state index contributed by atoms with van der Waals surface area (Å²) in [5.41, 5.74) is 0. The van der Waals surface area contributed by atoms with Gasteiger partial charge in [-0.15, -0.1) is 0 Å². The Morgan fingerprint density at radius 3 is 1.83 bits per heavy atom. The van der Waals surface area contributed by atoms with Gasteiger partial charge in [0, 0.05) is 0 Å². The minimum atomic E-state index is -2.46. The maximum absolute atomic E-state index is 11.5. The van der Waals surface area contributed by atoms with E-state index in [0.29, 0.717) is 0 Å². The van der Waals surface area contributed by atoms with Crippen LogP contribution in [0.5, 0.6) is 0 Å². The number of hydrogen-bond acceptors (Lipinski definition) is 0. The van der Waals surface area contributed by atoms with Crippen LogP contribution in [0.2, 0.25) is 0 Å². The zero-order valence-electron chi connectivity index (χ0n) is 3.96. The molecule has 0 amide bonds. The first-order valence-electron chi connectivity index (χ1n) is 1.94. The van der Waals surface area contributed by atoms with E-state index in [4.69, 9.17) is 0 Å². The summed E-state index contributed by atoms with van der Waals surface area (Å²) in [6, 6.07) is 0. The van der Waals surface area contributed by atoms with Crippen LogP contribution in [-0.4, -0.2) is 13.7 Å². The summed E-state index contributed by atoms with van der Waals surface area (Å²) in [4.78, 5) is 0. The molecule has 0 saturated carbocycles. The van der Waals surface area contributed by atoms with Gasteiger partial charge in [-0.1, -0.05) is 6.92 Å². The summed E-state index contributed by atoms with van der Waals surface area (Å²) in [7, 11) is 0.910. The molecule has 0 unspecified atom stereocenters. The molecule has 0 aromatic carbocycles. The lowest BCUT2D eigenvalue weighted by Gasteiger charge is -2.02. The zero-order valence-corrected chi connectivity index (χ0v) is 3.96. The van der Waals surface area contributed by atoms with E-state index in [0.717, 1.165) is 7.85 Å². The summed E-state index contributed by atoms with van der Waals surface area (Å²) in [5.74, 6) is -2.46. The van der Waals surface area contributed by atoms with Gasteiger partial charge in [-0.25, -0.2) is 8.78 Å². The van der Waals surface area contributed by atoms with Gasteiger partial charge >= 0.3 is 0 Å². The van der Waals surface area contributed by atoms with Crippen molar-refractivity contribution in [2.75, 3.05) is 0 Å². The standard InChI is InChI=1S/C3H7BF2/c1-2-3(4,5)6/h2,4H2,1H3. The molecule has 0 fully saturated rings. The van der Waals surface area contributed by atoms with Crippen LogP contribution in [-0.2, 0) is 0 Å². The first-order chi connectivity index (χ1) is 2.56. The molecule has 0 spiro atoms. The van der Waals surface area contributed by atoms with E-state index >= 15 is 0 Å². The number of rotatable bonds is 1. The van der Waals surface area contributed by atoms with E-state index in [2.05, 4.69) is 0 Å². The molecule has 3 heteroatoms. The van der Waals surface area contributed by atoms with Gasteiger partial charge in [0.25, 0.3) is 0 Å². The van der Waals surface area contributed by atoms with Crippen molar-refractivity contribution in [1.82, 2.24) is 0 Å².